The van der Waals surface area contributed by atoms with Gasteiger partial charge < -0.3 is 4.57 Å². The molecule has 1 aromatic carbocycles. The molecule has 4 rings (SSSR count). The van der Waals surface area contributed by atoms with Crippen LogP contribution in [0.4, 0.5) is 5.82 Å². The van der Waals surface area contributed by atoms with E-state index in [0.29, 0.717) is 24.2 Å². The van der Waals surface area contributed by atoms with Gasteiger partial charge in [-0.1, -0.05) is 37.3 Å². The Balaban J connectivity index is 1.57. The number of aromatic nitrogens is 2. The van der Waals surface area contributed by atoms with Crippen molar-refractivity contribution in [2.75, 3.05) is 18.5 Å². The number of rotatable bonds is 6. The molecule has 3 aromatic rings. The molecule has 1 aliphatic heterocycles. The predicted octanol–water partition coefficient (Wildman–Crippen LogP) is 3.19. The summed E-state index contributed by atoms with van der Waals surface area (Å²) in [6.07, 6.45) is 5.79. The van der Waals surface area contributed by atoms with Gasteiger partial charge in [0.05, 0.1) is 5.52 Å². The topological polar surface area (TPSA) is 62.2 Å². The minimum absolute atomic E-state index is 0.411. The monoisotopic (exact) mass is 363 g/mol. The first-order valence-corrected chi connectivity index (χ1v) is 9.42. The van der Waals surface area contributed by atoms with Gasteiger partial charge in [-0.2, -0.15) is 0 Å². The maximum absolute atomic E-state index is 10.5. The van der Waals surface area contributed by atoms with Crippen LogP contribution >= 0.6 is 0 Å². The van der Waals surface area contributed by atoms with Gasteiger partial charge in [0.15, 0.2) is 0 Å². The number of amides is 1. The van der Waals surface area contributed by atoms with Gasteiger partial charge in [0.1, 0.15) is 5.82 Å². The number of carbonyl (C=O) groups is 1. The largest absolute Gasteiger partial charge is 0.343 e. The van der Waals surface area contributed by atoms with Crippen molar-refractivity contribution in [3.05, 3.63) is 60.4 Å². The Morgan fingerprint density at radius 2 is 2.11 bits per heavy atom. The number of pyridine rings is 1. The molecule has 3 heterocycles. The van der Waals surface area contributed by atoms with E-state index in [9.17, 15) is 4.79 Å². The Hall–Kier alpha value is -2.86. The number of nitrogens with zero attached hydrogens (tertiary/aromatic N) is 3. The zero-order valence-electron chi connectivity index (χ0n) is 15.5. The van der Waals surface area contributed by atoms with Crippen molar-refractivity contribution in [3.8, 4) is 0 Å². The SMILES string of the molecule is CC1CCN(Cc2ccccc2)CC1n1ccc2cnc(NNC=O)cc21. The van der Waals surface area contributed by atoms with Crippen LogP contribution in [0.5, 0.6) is 0 Å². The molecule has 2 aromatic heterocycles. The number of benzene rings is 1. The van der Waals surface area contributed by atoms with Gasteiger partial charge >= 0.3 is 0 Å². The molecular weight excluding hydrogens is 338 g/mol. The second-order valence-corrected chi connectivity index (χ2v) is 7.29. The van der Waals surface area contributed by atoms with Gasteiger partial charge in [-0.3, -0.25) is 20.5 Å². The highest BCUT2D eigenvalue weighted by Gasteiger charge is 2.28. The summed E-state index contributed by atoms with van der Waals surface area (Å²) < 4.78 is 2.37. The van der Waals surface area contributed by atoms with E-state index in [-0.39, 0.29) is 0 Å². The Kier molecular flexibility index (Phi) is 5.07. The van der Waals surface area contributed by atoms with Crippen LogP contribution in [-0.2, 0) is 11.3 Å². The number of hydrogen-bond donors (Lipinski definition) is 2. The van der Waals surface area contributed by atoms with Gasteiger partial charge in [0.2, 0.25) is 6.41 Å². The Labute approximate surface area is 159 Å². The first-order chi connectivity index (χ1) is 13.2. The minimum Gasteiger partial charge on any atom is -0.343 e. The number of fused-ring (bicyclic) bond motifs is 1. The molecule has 2 N–H and O–H groups in total. The number of likely N-dealkylation sites (tertiary alicyclic amines) is 1. The fourth-order valence-electron chi connectivity index (χ4n) is 3.97. The third-order valence-electron chi connectivity index (χ3n) is 5.47. The Morgan fingerprint density at radius 1 is 1.26 bits per heavy atom. The molecule has 140 valence electrons. The van der Waals surface area contributed by atoms with Crippen LogP contribution in [0.1, 0.15) is 24.9 Å². The van der Waals surface area contributed by atoms with E-state index in [1.54, 1.807) is 0 Å². The molecule has 0 radical (unpaired) electrons. The molecule has 6 heteroatoms. The lowest BCUT2D eigenvalue weighted by atomic mass is 9.92. The molecule has 2 unspecified atom stereocenters. The fraction of sp³-hybridized carbons (Fsp3) is 0.333. The first-order valence-electron chi connectivity index (χ1n) is 9.42. The zero-order valence-corrected chi connectivity index (χ0v) is 15.5. The van der Waals surface area contributed by atoms with Crippen molar-refractivity contribution in [3.63, 3.8) is 0 Å². The van der Waals surface area contributed by atoms with Crippen LogP contribution in [0.25, 0.3) is 10.9 Å². The van der Waals surface area contributed by atoms with Crippen molar-refractivity contribution in [2.24, 2.45) is 5.92 Å². The Bertz CT molecular complexity index is 907. The third kappa shape index (κ3) is 3.80. The van der Waals surface area contributed by atoms with Gasteiger partial charge in [0.25, 0.3) is 0 Å². The third-order valence-corrected chi connectivity index (χ3v) is 5.47. The van der Waals surface area contributed by atoms with Gasteiger partial charge in [-0.15, -0.1) is 0 Å². The van der Waals surface area contributed by atoms with E-state index < -0.39 is 0 Å². The standard InChI is InChI=1S/C21H25N5O/c1-16-7-9-25(13-17-5-3-2-4-6-17)14-20(16)26-10-8-18-12-22-21(11-19(18)26)24-23-15-27/h2-6,8,10-12,15-16,20H,7,9,13-14H2,1H3,(H,22,24)(H,23,27). The van der Waals surface area contributed by atoms with Gasteiger partial charge in [0, 0.05) is 43.0 Å². The van der Waals surface area contributed by atoms with Crippen LogP contribution in [0.3, 0.4) is 0 Å². The number of hydrogen-bond acceptors (Lipinski definition) is 4. The second kappa shape index (κ2) is 7.80. The quantitative estimate of drug-likeness (QED) is 0.522. The highest BCUT2D eigenvalue weighted by atomic mass is 16.1. The molecule has 0 saturated carbocycles. The zero-order chi connectivity index (χ0) is 18.6. The van der Waals surface area contributed by atoms with E-state index in [1.807, 2.05) is 12.3 Å². The van der Waals surface area contributed by atoms with Crippen LogP contribution < -0.4 is 10.9 Å². The van der Waals surface area contributed by atoms with E-state index in [4.69, 9.17) is 0 Å². The molecule has 0 bridgehead atoms. The summed E-state index contributed by atoms with van der Waals surface area (Å²) in [6, 6.07) is 15.2. The average molecular weight is 363 g/mol. The van der Waals surface area contributed by atoms with Crippen LogP contribution in [-0.4, -0.2) is 34.0 Å². The lowest BCUT2D eigenvalue weighted by molar-refractivity contribution is -0.109. The van der Waals surface area contributed by atoms with E-state index in [0.717, 1.165) is 30.5 Å². The van der Waals surface area contributed by atoms with Gasteiger partial charge in [-0.25, -0.2) is 4.98 Å². The maximum atomic E-state index is 10.5. The molecule has 1 saturated heterocycles. The summed E-state index contributed by atoms with van der Waals surface area (Å²) in [5, 5.41) is 1.11. The summed E-state index contributed by atoms with van der Waals surface area (Å²) in [5.74, 6) is 1.24. The first kappa shape index (κ1) is 17.5. The Morgan fingerprint density at radius 3 is 2.93 bits per heavy atom. The normalized spacial score (nSPS) is 20.5. The number of nitrogens with one attached hydrogen (secondary N) is 2. The van der Waals surface area contributed by atoms with Crippen LogP contribution in [0, 0.1) is 5.92 Å². The lowest BCUT2D eigenvalue weighted by Crippen LogP contribution is -2.40. The number of anilines is 1. The fourth-order valence-corrected chi connectivity index (χ4v) is 3.97. The maximum Gasteiger partial charge on any atom is 0.225 e. The van der Waals surface area contributed by atoms with Crippen molar-refractivity contribution in [2.45, 2.75) is 25.9 Å². The predicted molar refractivity (Wildman–Crippen MR) is 107 cm³/mol. The second-order valence-electron chi connectivity index (χ2n) is 7.29. The minimum atomic E-state index is 0.411. The molecule has 27 heavy (non-hydrogen) atoms. The van der Waals surface area contributed by atoms with Crippen molar-refractivity contribution < 1.29 is 4.79 Å². The molecule has 2 atom stereocenters. The van der Waals surface area contributed by atoms with Crippen molar-refractivity contribution in [1.82, 2.24) is 19.9 Å². The highest BCUT2D eigenvalue weighted by Crippen LogP contribution is 2.32. The molecule has 0 spiro atoms. The summed E-state index contributed by atoms with van der Waals surface area (Å²) in [4.78, 5) is 17.4. The molecule has 1 fully saturated rings. The van der Waals surface area contributed by atoms with Crippen molar-refractivity contribution >= 4 is 23.1 Å². The van der Waals surface area contributed by atoms with E-state index >= 15 is 0 Å². The number of hydrazine groups is 1. The van der Waals surface area contributed by atoms with Crippen LogP contribution in [0.15, 0.2) is 54.9 Å². The molecule has 6 nitrogen and oxygen atoms in total. The summed E-state index contributed by atoms with van der Waals surface area (Å²) in [7, 11) is 0. The van der Waals surface area contributed by atoms with E-state index in [1.165, 1.54) is 12.0 Å². The summed E-state index contributed by atoms with van der Waals surface area (Å²) in [6.45, 7) is 5.48. The molecule has 0 aliphatic carbocycles. The number of carbonyl (C=O) groups excluding carboxylic acids is 1. The smallest absolute Gasteiger partial charge is 0.225 e. The van der Waals surface area contributed by atoms with Gasteiger partial charge in [-0.05, 0) is 30.5 Å². The van der Waals surface area contributed by atoms with E-state index in [2.05, 4.69) is 74.8 Å². The molecule has 1 amide bonds. The lowest BCUT2D eigenvalue weighted by Gasteiger charge is -2.38. The molecular formula is C21H25N5O. The average Bonchev–Trinajstić information content (AvgIpc) is 3.12. The highest BCUT2D eigenvalue weighted by molar-refractivity contribution is 5.81. The van der Waals surface area contributed by atoms with Crippen molar-refractivity contribution in [1.29, 1.82) is 0 Å². The summed E-state index contributed by atoms with van der Waals surface area (Å²) >= 11 is 0. The van der Waals surface area contributed by atoms with Crippen LogP contribution in [0.2, 0.25) is 0 Å². The number of piperidine rings is 1. The summed E-state index contributed by atoms with van der Waals surface area (Å²) in [5.41, 5.74) is 7.76. The molecule has 1 aliphatic rings.